The van der Waals surface area contributed by atoms with Crippen LogP contribution >= 0.6 is 0 Å². The van der Waals surface area contributed by atoms with Crippen molar-refractivity contribution in [3.8, 4) is 0 Å². The first kappa shape index (κ1) is 20.6. The molecular formula is C20H20F4N4O. The standard InChI is InChI=1S/C20H20F4N4O/c1-2-25-20(27-10-13-18(23)14(21)8-15(22)19(13)24)26-9-11-7-17(29)28-16-6-4-3-5-12(11)16/h3-6,8,11H,2,7,9-10H2,1H3,(H,28,29)(H2,25,26,27). The Labute approximate surface area is 165 Å². The van der Waals surface area contributed by atoms with E-state index in [2.05, 4.69) is 20.9 Å². The summed E-state index contributed by atoms with van der Waals surface area (Å²) < 4.78 is 54.4. The summed E-state index contributed by atoms with van der Waals surface area (Å²) in [5.74, 6) is -5.93. The summed E-state index contributed by atoms with van der Waals surface area (Å²) >= 11 is 0. The number of fused-ring (bicyclic) bond motifs is 1. The number of rotatable bonds is 5. The molecule has 2 aromatic carbocycles. The Kier molecular flexibility index (Phi) is 6.36. The van der Waals surface area contributed by atoms with E-state index in [1.807, 2.05) is 24.3 Å². The second-order valence-corrected chi connectivity index (χ2v) is 6.56. The van der Waals surface area contributed by atoms with Crippen LogP contribution in [0.4, 0.5) is 23.2 Å². The van der Waals surface area contributed by atoms with Gasteiger partial charge in [-0.15, -0.1) is 0 Å². The van der Waals surface area contributed by atoms with Gasteiger partial charge in [0.05, 0.1) is 12.1 Å². The van der Waals surface area contributed by atoms with Crippen LogP contribution in [0.3, 0.4) is 0 Å². The number of guanidine groups is 1. The van der Waals surface area contributed by atoms with Crippen molar-refractivity contribution in [2.24, 2.45) is 4.99 Å². The van der Waals surface area contributed by atoms with E-state index in [1.165, 1.54) is 0 Å². The molecule has 154 valence electrons. The molecule has 1 amide bonds. The maximum atomic E-state index is 13.8. The number of hydrogen-bond acceptors (Lipinski definition) is 2. The quantitative estimate of drug-likeness (QED) is 0.307. The Morgan fingerprint density at radius 3 is 2.52 bits per heavy atom. The summed E-state index contributed by atoms with van der Waals surface area (Å²) in [6, 6.07) is 7.56. The summed E-state index contributed by atoms with van der Waals surface area (Å²) in [5, 5.41) is 8.72. The molecule has 0 fully saturated rings. The summed E-state index contributed by atoms with van der Waals surface area (Å²) in [5.41, 5.74) is 0.902. The lowest BCUT2D eigenvalue weighted by atomic mass is 9.90. The molecule has 1 heterocycles. The highest BCUT2D eigenvalue weighted by Gasteiger charge is 2.25. The van der Waals surface area contributed by atoms with Crippen molar-refractivity contribution in [1.29, 1.82) is 0 Å². The van der Waals surface area contributed by atoms with Crippen LogP contribution in [0, 0.1) is 23.3 Å². The third-order valence-electron chi connectivity index (χ3n) is 4.56. The Bertz CT molecular complexity index is 922. The largest absolute Gasteiger partial charge is 0.357 e. The molecule has 1 atom stereocenters. The molecule has 29 heavy (non-hydrogen) atoms. The number of carbonyl (C=O) groups is 1. The molecule has 0 saturated carbocycles. The number of halogens is 4. The summed E-state index contributed by atoms with van der Waals surface area (Å²) in [6.07, 6.45) is 0.266. The monoisotopic (exact) mass is 408 g/mol. The highest BCUT2D eigenvalue weighted by atomic mass is 19.2. The Morgan fingerprint density at radius 2 is 1.83 bits per heavy atom. The summed E-state index contributed by atoms with van der Waals surface area (Å²) in [4.78, 5) is 15.9. The van der Waals surface area contributed by atoms with Gasteiger partial charge in [-0.05, 0) is 18.6 Å². The number of carbonyl (C=O) groups excluding carboxylic acids is 1. The zero-order valence-electron chi connectivity index (χ0n) is 15.7. The Morgan fingerprint density at radius 1 is 1.14 bits per heavy atom. The van der Waals surface area contributed by atoms with Crippen molar-refractivity contribution in [2.75, 3.05) is 18.4 Å². The van der Waals surface area contributed by atoms with Gasteiger partial charge in [0, 0.05) is 37.2 Å². The second kappa shape index (κ2) is 8.93. The third kappa shape index (κ3) is 4.67. The van der Waals surface area contributed by atoms with Crippen LogP contribution in [0.1, 0.15) is 30.4 Å². The van der Waals surface area contributed by atoms with E-state index in [4.69, 9.17) is 0 Å². The van der Waals surface area contributed by atoms with Crippen LogP contribution in [0.5, 0.6) is 0 Å². The second-order valence-electron chi connectivity index (χ2n) is 6.56. The fraction of sp³-hybridized carbons (Fsp3) is 0.300. The topological polar surface area (TPSA) is 65.5 Å². The number of nitrogens with zero attached hydrogens (tertiary/aromatic N) is 1. The average Bonchev–Trinajstić information content (AvgIpc) is 2.70. The van der Waals surface area contributed by atoms with Gasteiger partial charge in [0.25, 0.3) is 0 Å². The fourth-order valence-electron chi connectivity index (χ4n) is 3.17. The molecule has 1 unspecified atom stereocenters. The molecule has 3 N–H and O–H groups in total. The van der Waals surface area contributed by atoms with Crippen LogP contribution in [0.2, 0.25) is 0 Å². The number of benzene rings is 2. The van der Waals surface area contributed by atoms with Crippen molar-refractivity contribution in [3.05, 3.63) is 64.7 Å². The van der Waals surface area contributed by atoms with Crippen molar-refractivity contribution in [3.63, 3.8) is 0 Å². The fourth-order valence-corrected chi connectivity index (χ4v) is 3.17. The minimum atomic E-state index is -1.48. The molecule has 2 aromatic rings. The molecule has 0 spiro atoms. The lowest BCUT2D eigenvalue weighted by molar-refractivity contribution is -0.116. The first-order chi connectivity index (χ1) is 13.9. The van der Waals surface area contributed by atoms with Gasteiger partial charge in [0.2, 0.25) is 5.91 Å². The molecule has 0 aliphatic carbocycles. The van der Waals surface area contributed by atoms with Gasteiger partial charge >= 0.3 is 0 Å². The Balaban J connectivity index is 1.76. The lowest BCUT2D eigenvalue weighted by Crippen LogP contribution is -2.40. The van der Waals surface area contributed by atoms with Gasteiger partial charge in [-0.3, -0.25) is 4.79 Å². The number of para-hydroxylation sites is 1. The first-order valence-corrected chi connectivity index (χ1v) is 9.13. The van der Waals surface area contributed by atoms with Crippen LogP contribution in [-0.4, -0.2) is 25.0 Å². The molecule has 0 saturated heterocycles. The number of hydrogen-bond donors (Lipinski definition) is 3. The third-order valence-corrected chi connectivity index (χ3v) is 4.56. The highest BCUT2D eigenvalue weighted by molar-refractivity contribution is 5.94. The normalized spacial score (nSPS) is 16.2. The predicted octanol–water partition coefficient (Wildman–Crippen LogP) is 3.42. The molecule has 5 nitrogen and oxygen atoms in total. The van der Waals surface area contributed by atoms with E-state index in [1.54, 1.807) is 6.92 Å². The maximum Gasteiger partial charge on any atom is 0.225 e. The van der Waals surface area contributed by atoms with Gasteiger partial charge < -0.3 is 16.0 Å². The van der Waals surface area contributed by atoms with Crippen LogP contribution in [-0.2, 0) is 11.3 Å². The predicted molar refractivity (Wildman–Crippen MR) is 102 cm³/mol. The summed E-state index contributed by atoms with van der Waals surface area (Å²) in [7, 11) is 0. The minimum absolute atomic E-state index is 0.114. The van der Waals surface area contributed by atoms with Gasteiger partial charge in [-0.1, -0.05) is 18.2 Å². The molecule has 9 heteroatoms. The lowest BCUT2D eigenvalue weighted by Gasteiger charge is -2.26. The summed E-state index contributed by atoms with van der Waals surface area (Å²) in [6.45, 7) is 1.99. The molecule has 0 aromatic heterocycles. The number of amides is 1. The van der Waals surface area contributed by atoms with E-state index >= 15 is 0 Å². The van der Waals surface area contributed by atoms with Gasteiger partial charge in [0.1, 0.15) is 0 Å². The smallest absolute Gasteiger partial charge is 0.225 e. The van der Waals surface area contributed by atoms with E-state index < -0.39 is 35.4 Å². The van der Waals surface area contributed by atoms with E-state index in [9.17, 15) is 22.4 Å². The van der Waals surface area contributed by atoms with Crippen LogP contribution < -0.4 is 16.0 Å². The van der Waals surface area contributed by atoms with Gasteiger partial charge in [0.15, 0.2) is 29.2 Å². The minimum Gasteiger partial charge on any atom is -0.357 e. The van der Waals surface area contributed by atoms with Crippen LogP contribution in [0.15, 0.2) is 35.3 Å². The Hall–Kier alpha value is -3.10. The molecule has 3 rings (SSSR count). The van der Waals surface area contributed by atoms with E-state index in [0.717, 1.165) is 11.3 Å². The zero-order chi connectivity index (χ0) is 21.0. The van der Waals surface area contributed by atoms with Gasteiger partial charge in [-0.2, -0.15) is 0 Å². The number of anilines is 1. The van der Waals surface area contributed by atoms with Gasteiger partial charge in [-0.25, -0.2) is 22.6 Å². The molecule has 0 radical (unpaired) electrons. The van der Waals surface area contributed by atoms with Crippen molar-refractivity contribution >= 4 is 17.6 Å². The average molecular weight is 408 g/mol. The first-order valence-electron chi connectivity index (χ1n) is 9.13. The van der Waals surface area contributed by atoms with E-state index in [0.29, 0.717) is 13.1 Å². The van der Waals surface area contributed by atoms with Crippen molar-refractivity contribution in [1.82, 2.24) is 10.6 Å². The zero-order valence-corrected chi connectivity index (χ0v) is 15.7. The molecular weight excluding hydrogens is 388 g/mol. The molecule has 1 aliphatic heterocycles. The number of aliphatic imine (C=N–C) groups is 1. The van der Waals surface area contributed by atoms with Crippen molar-refractivity contribution < 1.29 is 22.4 Å². The van der Waals surface area contributed by atoms with Crippen LogP contribution in [0.25, 0.3) is 0 Å². The SMILES string of the molecule is CCNC(=NCc1c(F)c(F)cc(F)c1F)NCC1CC(=O)Nc2ccccc21. The maximum absolute atomic E-state index is 13.8. The highest BCUT2D eigenvalue weighted by Crippen LogP contribution is 2.31. The van der Waals surface area contributed by atoms with Crippen molar-refractivity contribution in [2.45, 2.75) is 25.8 Å². The molecule has 1 aliphatic rings. The number of nitrogens with one attached hydrogen (secondary N) is 3. The van der Waals surface area contributed by atoms with E-state index in [-0.39, 0.29) is 30.3 Å². The molecule has 0 bridgehead atoms.